The number of hydrogen-bond donors (Lipinski definition) is 8. The van der Waals surface area contributed by atoms with Crippen molar-refractivity contribution in [3.63, 3.8) is 0 Å². The van der Waals surface area contributed by atoms with E-state index in [9.17, 15) is 39.6 Å². The highest BCUT2D eigenvalue weighted by molar-refractivity contribution is 5.70. The summed E-state index contributed by atoms with van der Waals surface area (Å²) in [5.74, 6) is -4.42. The van der Waals surface area contributed by atoms with Gasteiger partial charge in [0, 0.05) is 72.0 Å². The predicted molar refractivity (Wildman–Crippen MR) is 176 cm³/mol. The van der Waals surface area contributed by atoms with Crippen LogP contribution in [0.5, 0.6) is 0 Å². The minimum atomic E-state index is -1.21. The third-order valence-corrected chi connectivity index (χ3v) is 8.31. The van der Waals surface area contributed by atoms with Crippen LogP contribution in [0.4, 0.5) is 0 Å². The van der Waals surface area contributed by atoms with Crippen LogP contribution < -0.4 is 22.5 Å². The normalized spacial score (nSPS) is 23.6. The van der Waals surface area contributed by atoms with E-state index in [0.717, 1.165) is 11.1 Å². The van der Waals surface area contributed by atoms with Crippen LogP contribution >= 0.6 is 0 Å². The van der Waals surface area contributed by atoms with Crippen molar-refractivity contribution < 1.29 is 39.6 Å². The van der Waals surface area contributed by atoms with Crippen LogP contribution in [0.1, 0.15) is 31.9 Å². The molecule has 0 radical (unpaired) electrons. The summed E-state index contributed by atoms with van der Waals surface area (Å²) in [6.45, 7) is 5.76. The molecule has 0 spiro atoms. The van der Waals surface area contributed by atoms with Gasteiger partial charge in [0.05, 0.1) is 37.3 Å². The molecule has 0 atom stereocenters. The summed E-state index contributed by atoms with van der Waals surface area (Å²) in [5, 5.41) is 42.4. The quantitative estimate of drug-likeness (QED) is 0.113. The third-order valence-electron chi connectivity index (χ3n) is 8.31. The molecule has 1 aromatic carbocycles. The molecule has 2 rings (SSSR count). The number of nitrogens with one attached hydrogen (secondary N) is 1. The van der Waals surface area contributed by atoms with Crippen LogP contribution in [0.2, 0.25) is 0 Å². The summed E-state index contributed by atoms with van der Waals surface area (Å²) in [7, 11) is 0. The van der Waals surface area contributed by atoms with E-state index in [1.54, 1.807) is 19.6 Å². The SMILES string of the molecule is CC(C)(C)c1ccc(CNC2(CN)CN(CC(=O)O)CCN(CC(=O)O)CC(N)(CN)CN(CC(=O)O)CCN(CC(=O)O)C2)cc1. The van der Waals surface area contributed by atoms with Gasteiger partial charge in [0.15, 0.2) is 0 Å². The largest absolute Gasteiger partial charge is 0.480 e. The van der Waals surface area contributed by atoms with Gasteiger partial charge in [-0.2, -0.15) is 0 Å². The summed E-state index contributed by atoms with van der Waals surface area (Å²) < 4.78 is 0. The first kappa shape index (κ1) is 40.0. The van der Waals surface area contributed by atoms with E-state index in [1.807, 2.05) is 24.3 Å². The summed E-state index contributed by atoms with van der Waals surface area (Å²) in [4.78, 5) is 54.0. The van der Waals surface area contributed by atoms with Gasteiger partial charge in [-0.15, -0.1) is 0 Å². The smallest absolute Gasteiger partial charge is 0.317 e. The van der Waals surface area contributed by atoms with Crippen molar-refractivity contribution in [1.29, 1.82) is 0 Å². The lowest BCUT2D eigenvalue weighted by Gasteiger charge is -2.43. The van der Waals surface area contributed by atoms with Crippen molar-refractivity contribution in [1.82, 2.24) is 24.9 Å². The Kier molecular flexibility index (Phi) is 15.1. The maximum Gasteiger partial charge on any atom is 0.317 e. The third kappa shape index (κ3) is 14.2. The van der Waals surface area contributed by atoms with Gasteiger partial charge < -0.3 is 42.9 Å². The second-order valence-electron chi connectivity index (χ2n) is 13.8. The lowest BCUT2D eigenvalue weighted by molar-refractivity contribution is -0.141. The van der Waals surface area contributed by atoms with E-state index >= 15 is 0 Å². The molecule has 1 aliphatic rings. The molecular formula is C31H54N8O8. The van der Waals surface area contributed by atoms with Gasteiger partial charge in [-0.1, -0.05) is 45.0 Å². The molecule has 0 aliphatic carbocycles. The fourth-order valence-corrected chi connectivity index (χ4v) is 5.89. The minimum absolute atomic E-state index is 0.00346. The summed E-state index contributed by atoms with van der Waals surface area (Å²) in [5.41, 5.74) is 18.9. The van der Waals surface area contributed by atoms with Gasteiger partial charge >= 0.3 is 23.9 Å². The minimum Gasteiger partial charge on any atom is -0.480 e. The van der Waals surface area contributed by atoms with Crippen LogP contribution in [0.3, 0.4) is 0 Å². The molecule has 0 saturated carbocycles. The predicted octanol–water partition coefficient (Wildman–Crippen LogP) is -2.01. The van der Waals surface area contributed by atoms with Crippen LogP contribution in [0, 0.1) is 0 Å². The van der Waals surface area contributed by atoms with Crippen molar-refractivity contribution in [2.75, 3.05) is 91.6 Å². The molecule has 16 heteroatoms. The average Bonchev–Trinajstić information content (AvgIpc) is 2.95. The van der Waals surface area contributed by atoms with Crippen molar-refractivity contribution >= 4 is 23.9 Å². The molecule has 0 bridgehead atoms. The highest BCUT2D eigenvalue weighted by Gasteiger charge is 2.36. The van der Waals surface area contributed by atoms with E-state index in [1.165, 1.54) is 0 Å². The number of carbonyl (C=O) groups is 4. The van der Waals surface area contributed by atoms with Crippen molar-refractivity contribution in [2.45, 2.75) is 43.8 Å². The Balaban J connectivity index is 2.57. The number of aliphatic carboxylic acids is 4. The molecule has 1 heterocycles. The van der Waals surface area contributed by atoms with Crippen LogP contribution in [-0.4, -0.2) is 167 Å². The second-order valence-corrected chi connectivity index (χ2v) is 13.8. The monoisotopic (exact) mass is 666 g/mol. The van der Waals surface area contributed by atoms with E-state index in [0.29, 0.717) is 6.54 Å². The first-order chi connectivity index (χ1) is 21.9. The Hall–Kier alpha value is -3.22. The number of benzene rings is 1. The Bertz CT molecular complexity index is 1140. The number of carboxylic acid groups (broad SMARTS) is 4. The van der Waals surface area contributed by atoms with E-state index in [-0.39, 0.29) is 84.0 Å². The lowest BCUT2D eigenvalue weighted by Crippen LogP contribution is -2.66. The summed E-state index contributed by atoms with van der Waals surface area (Å²) >= 11 is 0. The van der Waals surface area contributed by atoms with Gasteiger partial charge in [0.1, 0.15) is 0 Å². The zero-order chi connectivity index (χ0) is 35.4. The molecule has 47 heavy (non-hydrogen) atoms. The molecule has 1 aromatic rings. The fourth-order valence-electron chi connectivity index (χ4n) is 5.89. The van der Waals surface area contributed by atoms with Crippen molar-refractivity contribution in [3.8, 4) is 0 Å². The van der Waals surface area contributed by atoms with Gasteiger partial charge in [-0.05, 0) is 16.5 Å². The number of nitrogens with two attached hydrogens (primary N) is 3. The summed E-state index contributed by atoms with van der Waals surface area (Å²) in [6.07, 6.45) is 0. The number of hydrogen-bond acceptors (Lipinski definition) is 12. The summed E-state index contributed by atoms with van der Waals surface area (Å²) in [6, 6.07) is 8.07. The molecule has 11 N–H and O–H groups in total. The maximum absolute atomic E-state index is 12.0. The van der Waals surface area contributed by atoms with Gasteiger partial charge in [-0.3, -0.25) is 38.8 Å². The molecule has 1 fully saturated rings. The van der Waals surface area contributed by atoms with Gasteiger partial charge in [0.25, 0.3) is 0 Å². The first-order valence-corrected chi connectivity index (χ1v) is 15.7. The van der Waals surface area contributed by atoms with Gasteiger partial charge in [0.2, 0.25) is 0 Å². The van der Waals surface area contributed by atoms with Crippen LogP contribution in [0.15, 0.2) is 24.3 Å². The number of nitrogens with zero attached hydrogens (tertiary/aromatic N) is 4. The Labute approximate surface area is 276 Å². The molecule has 16 nitrogen and oxygen atoms in total. The molecule has 0 aromatic heterocycles. The molecule has 1 saturated heterocycles. The molecule has 0 unspecified atom stereocenters. The zero-order valence-electron chi connectivity index (χ0n) is 27.9. The zero-order valence-corrected chi connectivity index (χ0v) is 27.9. The highest BCUT2D eigenvalue weighted by atomic mass is 16.4. The lowest BCUT2D eigenvalue weighted by atomic mass is 9.86. The number of carboxylic acids is 4. The number of rotatable bonds is 13. The van der Waals surface area contributed by atoms with E-state index in [4.69, 9.17) is 17.2 Å². The van der Waals surface area contributed by atoms with E-state index < -0.39 is 48.0 Å². The molecule has 0 amide bonds. The standard InChI is InChI=1S/C31H54N8O8/c1-29(2,3)24-6-4-23(5-7-24)12-35-31(18-33)21-38(15-27(44)45)10-8-36(13-25(40)41)19-30(34,17-32)20-37(14-26(42)43)9-11-39(22-31)16-28(46)47/h4-7,35H,8-22,32-34H2,1-3H3,(H,40,41)(H,42,43)(H,44,45)(H,46,47). The molecular weight excluding hydrogens is 612 g/mol. The Morgan fingerprint density at radius 3 is 1.34 bits per heavy atom. The molecule has 1 aliphatic heterocycles. The Morgan fingerprint density at radius 2 is 1.04 bits per heavy atom. The van der Waals surface area contributed by atoms with Crippen LogP contribution in [-0.2, 0) is 31.1 Å². The first-order valence-electron chi connectivity index (χ1n) is 15.7. The fraction of sp³-hybridized carbons (Fsp3) is 0.677. The van der Waals surface area contributed by atoms with Crippen molar-refractivity contribution in [2.24, 2.45) is 17.2 Å². The molecule has 266 valence electrons. The topological polar surface area (TPSA) is 252 Å². The van der Waals surface area contributed by atoms with Crippen molar-refractivity contribution in [3.05, 3.63) is 35.4 Å². The average molecular weight is 667 g/mol. The van der Waals surface area contributed by atoms with Crippen LogP contribution in [0.25, 0.3) is 0 Å². The highest BCUT2D eigenvalue weighted by Crippen LogP contribution is 2.22. The maximum atomic E-state index is 12.0. The second kappa shape index (κ2) is 17.8. The Morgan fingerprint density at radius 1 is 0.681 bits per heavy atom. The van der Waals surface area contributed by atoms with Gasteiger partial charge in [-0.25, -0.2) is 0 Å². The van der Waals surface area contributed by atoms with E-state index in [2.05, 4.69) is 26.1 Å².